The Labute approximate surface area is 135 Å². The molecule has 0 aliphatic heterocycles. The number of non-ortho nitro benzene ring substituents is 1. The average Bonchev–Trinajstić information content (AvgIpc) is 2.49. The molecule has 1 amide bonds. The number of hydrogen-bond donors (Lipinski definition) is 1. The molecule has 0 radical (unpaired) electrons. The van der Waals surface area contributed by atoms with Crippen LogP contribution < -0.4 is 16.2 Å². The molecule has 10 heteroatoms. The molecule has 0 fully saturated rings. The Hall–Kier alpha value is -2.94. The van der Waals surface area contributed by atoms with Crippen molar-refractivity contribution in [3.05, 3.63) is 56.0 Å². The predicted octanol–water partition coefficient (Wildman–Crippen LogP) is 0.716. The van der Waals surface area contributed by atoms with Gasteiger partial charge in [-0.05, 0) is 12.1 Å². The molecular weight excluding hydrogens is 326 g/mol. The zero-order valence-electron chi connectivity index (χ0n) is 12.0. The summed E-state index contributed by atoms with van der Waals surface area (Å²) in [4.78, 5) is 34.7. The molecule has 9 nitrogen and oxygen atoms in total. The van der Waals surface area contributed by atoms with Crippen LogP contribution in [0.3, 0.4) is 0 Å². The van der Waals surface area contributed by atoms with Gasteiger partial charge >= 0.3 is 0 Å². The quantitative estimate of drug-likeness (QED) is 0.633. The van der Waals surface area contributed by atoms with Gasteiger partial charge in [0.15, 0.2) is 0 Å². The smallest absolute Gasteiger partial charge is 0.292 e. The van der Waals surface area contributed by atoms with E-state index in [1.807, 2.05) is 0 Å². The fourth-order valence-corrected chi connectivity index (χ4v) is 2.18. The van der Waals surface area contributed by atoms with Gasteiger partial charge in [0.1, 0.15) is 5.02 Å². The third-order valence-corrected chi connectivity index (χ3v) is 3.37. The number of nitro benzene ring substituents is 1. The van der Waals surface area contributed by atoms with E-state index < -0.39 is 16.4 Å². The highest BCUT2D eigenvalue weighted by Gasteiger charge is 2.15. The molecule has 0 saturated heterocycles. The Morgan fingerprint density at radius 2 is 2.04 bits per heavy atom. The first-order chi connectivity index (χ1) is 10.8. The maximum absolute atomic E-state index is 12.3. The summed E-state index contributed by atoms with van der Waals surface area (Å²) in [7, 11) is 1.54. The standard InChI is InChI=1S/C13H12ClN5O4/c1-17(7-11(15)20)10-6-16-18(13(21)12(10)14)8-2-4-9(5-3-8)19(22)23/h2-6H,7H2,1H3,(H2,15,20). The average molecular weight is 338 g/mol. The summed E-state index contributed by atoms with van der Waals surface area (Å²) in [6.45, 7) is -0.123. The Kier molecular flexibility index (Phi) is 4.60. The first kappa shape index (κ1) is 16.4. The number of anilines is 1. The molecule has 0 saturated carbocycles. The Morgan fingerprint density at radius 1 is 1.43 bits per heavy atom. The molecule has 23 heavy (non-hydrogen) atoms. The van der Waals surface area contributed by atoms with Gasteiger partial charge in [0.05, 0.1) is 29.0 Å². The minimum absolute atomic E-state index is 0.106. The Bertz CT molecular complexity index is 818. The van der Waals surface area contributed by atoms with E-state index in [0.29, 0.717) is 5.69 Å². The largest absolute Gasteiger partial charge is 0.368 e. The highest BCUT2D eigenvalue weighted by Crippen LogP contribution is 2.20. The van der Waals surface area contributed by atoms with Gasteiger partial charge < -0.3 is 10.6 Å². The number of nitrogens with zero attached hydrogens (tertiary/aromatic N) is 4. The van der Waals surface area contributed by atoms with Crippen LogP contribution in [0.2, 0.25) is 5.02 Å². The molecule has 0 aliphatic rings. The Morgan fingerprint density at radius 3 is 2.57 bits per heavy atom. The summed E-state index contributed by atoms with van der Waals surface area (Å²) in [5.74, 6) is -0.580. The van der Waals surface area contributed by atoms with Gasteiger partial charge in [-0.1, -0.05) is 11.6 Å². The highest BCUT2D eigenvalue weighted by atomic mass is 35.5. The number of rotatable bonds is 5. The van der Waals surface area contributed by atoms with Crippen molar-refractivity contribution in [2.75, 3.05) is 18.5 Å². The molecule has 2 rings (SSSR count). The van der Waals surface area contributed by atoms with Crippen LogP contribution in [0.1, 0.15) is 0 Å². The third kappa shape index (κ3) is 3.46. The van der Waals surface area contributed by atoms with Crippen LogP contribution in [0.15, 0.2) is 35.3 Å². The van der Waals surface area contributed by atoms with Crippen molar-refractivity contribution in [3.8, 4) is 5.69 Å². The van der Waals surface area contributed by atoms with E-state index in [1.54, 1.807) is 7.05 Å². The van der Waals surface area contributed by atoms with Gasteiger partial charge in [-0.2, -0.15) is 9.78 Å². The normalized spacial score (nSPS) is 10.3. The van der Waals surface area contributed by atoms with Crippen LogP contribution in [0.4, 0.5) is 11.4 Å². The van der Waals surface area contributed by atoms with Crippen LogP contribution in [0, 0.1) is 10.1 Å². The number of hydrogen-bond acceptors (Lipinski definition) is 6. The van der Waals surface area contributed by atoms with Gasteiger partial charge in [-0.25, -0.2) is 0 Å². The van der Waals surface area contributed by atoms with Crippen molar-refractivity contribution in [1.82, 2.24) is 9.78 Å². The van der Waals surface area contributed by atoms with E-state index >= 15 is 0 Å². The summed E-state index contributed by atoms with van der Waals surface area (Å²) in [6, 6.07) is 5.28. The summed E-state index contributed by atoms with van der Waals surface area (Å²) in [5, 5.41) is 14.5. The van der Waals surface area contributed by atoms with Gasteiger partial charge in [0, 0.05) is 19.2 Å². The van der Waals surface area contributed by atoms with E-state index in [0.717, 1.165) is 4.68 Å². The maximum Gasteiger partial charge on any atom is 0.292 e. The molecule has 120 valence electrons. The van der Waals surface area contributed by atoms with Crippen molar-refractivity contribution in [2.24, 2.45) is 5.73 Å². The van der Waals surface area contributed by atoms with Crippen molar-refractivity contribution in [3.63, 3.8) is 0 Å². The number of nitro groups is 1. The van der Waals surface area contributed by atoms with E-state index in [9.17, 15) is 19.7 Å². The zero-order valence-corrected chi connectivity index (χ0v) is 12.7. The van der Waals surface area contributed by atoms with Crippen LogP contribution in [0.25, 0.3) is 5.69 Å². The summed E-state index contributed by atoms with van der Waals surface area (Å²) in [5.41, 5.74) is 4.96. The molecule has 0 aliphatic carbocycles. The van der Waals surface area contributed by atoms with Crippen LogP contribution in [-0.2, 0) is 4.79 Å². The fourth-order valence-electron chi connectivity index (χ4n) is 1.91. The fraction of sp³-hybridized carbons (Fsp3) is 0.154. The molecule has 1 aromatic carbocycles. The number of halogens is 1. The lowest BCUT2D eigenvalue weighted by Crippen LogP contribution is -2.33. The van der Waals surface area contributed by atoms with E-state index in [-0.39, 0.29) is 22.9 Å². The van der Waals surface area contributed by atoms with Crippen molar-refractivity contribution in [1.29, 1.82) is 0 Å². The van der Waals surface area contributed by atoms with Crippen LogP contribution in [-0.4, -0.2) is 34.2 Å². The lowest BCUT2D eigenvalue weighted by Gasteiger charge is -2.18. The summed E-state index contributed by atoms with van der Waals surface area (Å²) in [6.07, 6.45) is 1.31. The summed E-state index contributed by atoms with van der Waals surface area (Å²) >= 11 is 6.03. The number of primary amides is 1. The van der Waals surface area contributed by atoms with Crippen molar-refractivity contribution < 1.29 is 9.72 Å². The number of carbonyl (C=O) groups excluding carboxylic acids is 1. The zero-order chi connectivity index (χ0) is 17.1. The number of nitrogens with two attached hydrogens (primary N) is 1. The second-order valence-electron chi connectivity index (χ2n) is 4.66. The highest BCUT2D eigenvalue weighted by molar-refractivity contribution is 6.33. The SMILES string of the molecule is CN(CC(N)=O)c1cnn(-c2ccc([N+](=O)[O-])cc2)c(=O)c1Cl. The minimum atomic E-state index is -0.616. The Balaban J connectivity index is 2.42. The monoisotopic (exact) mass is 337 g/mol. The van der Waals surface area contributed by atoms with Crippen LogP contribution >= 0.6 is 11.6 Å². The molecule has 0 atom stereocenters. The molecule has 0 spiro atoms. The van der Waals surface area contributed by atoms with Gasteiger partial charge in [0.2, 0.25) is 5.91 Å². The van der Waals surface area contributed by atoms with E-state index in [2.05, 4.69) is 5.10 Å². The summed E-state index contributed by atoms with van der Waals surface area (Å²) < 4.78 is 1.01. The molecular formula is C13H12ClN5O4. The second kappa shape index (κ2) is 6.44. The lowest BCUT2D eigenvalue weighted by molar-refractivity contribution is -0.384. The molecule has 0 bridgehead atoms. The first-order valence-electron chi connectivity index (χ1n) is 6.33. The number of likely N-dealkylation sites (N-methyl/N-ethyl adjacent to an activating group) is 1. The molecule has 0 unspecified atom stereocenters. The molecule has 1 aromatic heterocycles. The predicted molar refractivity (Wildman–Crippen MR) is 84.0 cm³/mol. The number of amides is 1. The minimum Gasteiger partial charge on any atom is -0.368 e. The van der Waals surface area contributed by atoms with Crippen molar-refractivity contribution >= 4 is 28.9 Å². The van der Waals surface area contributed by atoms with Gasteiger partial charge in [-0.3, -0.25) is 19.7 Å². The van der Waals surface area contributed by atoms with Gasteiger partial charge in [-0.15, -0.1) is 0 Å². The lowest BCUT2D eigenvalue weighted by atomic mass is 10.3. The van der Waals surface area contributed by atoms with Crippen LogP contribution in [0.5, 0.6) is 0 Å². The van der Waals surface area contributed by atoms with Crippen molar-refractivity contribution in [2.45, 2.75) is 0 Å². The van der Waals surface area contributed by atoms with E-state index in [4.69, 9.17) is 17.3 Å². The second-order valence-corrected chi connectivity index (χ2v) is 5.03. The number of benzene rings is 1. The molecule has 1 heterocycles. The maximum atomic E-state index is 12.3. The molecule has 2 aromatic rings. The third-order valence-electron chi connectivity index (χ3n) is 3.01. The number of aromatic nitrogens is 2. The topological polar surface area (TPSA) is 124 Å². The molecule has 2 N–H and O–H groups in total. The van der Waals surface area contributed by atoms with Gasteiger partial charge in [0.25, 0.3) is 11.2 Å². The van der Waals surface area contributed by atoms with E-state index in [1.165, 1.54) is 35.4 Å². The number of carbonyl (C=O) groups is 1. The first-order valence-corrected chi connectivity index (χ1v) is 6.71.